The summed E-state index contributed by atoms with van der Waals surface area (Å²) in [6, 6.07) is 4.75. The first kappa shape index (κ1) is 25.0. The summed E-state index contributed by atoms with van der Waals surface area (Å²) in [5, 5.41) is 17.5. The quantitative estimate of drug-likeness (QED) is 0.206. The predicted molar refractivity (Wildman–Crippen MR) is 133 cm³/mol. The van der Waals surface area contributed by atoms with Crippen LogP contribution in [0.2, 0.25) is 0 Å². The Morgan fingerprint density at radius 1 is 1.30 bits per heavy atom. The first-order chi connectivity index (χ1) is 14.2. The van der Waals surface area contributed by atoms with Crippen LogP contribution in [-0.4, -0.2) is 65.5 Å². The third-order valence-corrected chi connectivity index (χ3v) is 6.27. The summed E-state index contributed by atoms with van der Waals surface area (Å²) in [4.78, 5) is 8.74. The zero-order valence-corrected chi connectivity index (χ0v) is 21.3. The van der Waals surface area contributed by atoms with E-state index >= 15 is 0 Å². The fraction of sp³-hybridized carbons (Fsp3) is 0.650. The molecule has 1 unspecified atom stereocenters. The summed E-state index contributed by atoms with van der Waals surface area (Å²) in [7, 11) is 3.70. The van der Waals surface area contributed by atoms with Gasteiger partial charge in [-0.25, -0.2) is 4.99 Å². The topological polar surface area (TPSA) is 79.6 Å². The summed E-state index contributed by atoms with van der Waals surface area (Å²) in [6.07, 6.45) is 3.49. The van der Waals surface area contributed by atoms with E-state index in [4.69, 9.17) is 9.73 Å². The average molecular weight is 548 g/mol. The van der Waals surface area contributed by atoms with Crippen LogP contribution in [0.3, 0.4) is 0 Å². The second-order valence-corrected chi connectivity index (χ2v) is 8.29. The van der Waals surface area contributed by atoms with Gasteiger partial charge in [0.15, 0.2) is 11.8 Å². The largest absolute Gasteiger partial charge is 0.385 e. The number of hydrogen-bond donors (Lipinski definition) is 2. The molecule has 3 rings (SSSR count). The van der Waals surface area contributed by atoms with Gasteiger partial charge in [-0.1, -0.05) is 6.07 Å². The molecule has 0 radical (unpaired) electrons. The highest BCUT2D eigenvalue weighted by atomic mass is 127. The van der Waals surface area contributed by atoms with Crippen LogP contribution in [0.15, 0.2) is 22.5 Å². The van der Waals surface area contributed by atoms with E-state index in [1.807, 2.05) is 29.9 Å². The predicted octanol–water partition coefficient (Wildman–Crippen LogP) is 2.71. The molecule has 0 bridgehead atoms. The van der Waals surface area contributed by atoms with Crippen molar-refractivity contribution in [2.45, 2.75) is 38.8 Å². The van der Waals surface area contributed by atoms with Gasteiger partial charge < -0.3 is 19.9 Å². The van der Waals surface area contributed by atoms with Crippen LogP contribution in [0.1, 0.15) is 41.8 Å². The lowest BCUT2D eigenvalue weighted by molar-refractivity contribution is 0.195. The number of guanidine groups is 1. The fourth-order valence-corrected chi connectivity index (χ4v) is 4.33. The van der Waals surface area contributed by atoms with Gasteiger partial charge in [-0.05, 0) is 50.7 Å². The molecular formula is C20H34IN7OS. The van der Waals surface area contributed by atoms with E-state index < -0.39 is 0 Å². The van der Waals surface area contributed by atoms with Gasteiger partial charge in [0, 0.05) is 38.7 Å². The molecule has 2 aromatic heterocycles. The lowest BCUT2D eigenvalue weighted by atomic mass is 10.2. The molecule has 10 heteroatoms. The Labute approximate surface area is 200 Å². The number of aryl methyl sites for hydroxylation is 1. The van der Waals surface area contributed by atoms with Gasteiger partial charge in [-0.15, -0.1) is 45.5 Å². The number of nitrogens with one attached hydrogen (secondary N) is 2. The molecule has 0 aliphatic carbocycles. The lowest BCUT2D eigenvalue weighted by Crippen LogP contribution is -2.43. The van der Waals surface area contributed by atoms with Crippen LogP contribution in [0, 0.1) is 6.92 Å². The van der Waals surface area contributed by atoms with Crippen molar-refractivity contribution in [3.8, 4) is 0 Å². The minimum Gasteiger partial charge on any atom is -0.385 e. The number of halogens is 1. The maximum Gasteiger partial charge on any atom is 0.191 e. The molecule has 0 aromatic carbocycles. The van der Waals surface area contributed by atoms with Gasteiger partial charge in [-0.2, -0.15) is 0 Å². The molecule has 1 aliphatic rings. The highest BCUT2D eigenvalue weighted by Crippen LogP contribution is 2.27. The van der Waals surface area contributed by atoms with Crippen LogP contribution >= 0.6 is 35.3 Å². The molecule has 3 heterocycles. The third-order valence-electron chi connectivity index (χ3n) is 5.29. The van der Waals surface area contributed by atoms with Crippen molar-refractivity contribution in [3.05, 3.63) is 34.0 Å². The van der Waals surface area contributed by atoms with E-state index in [0.29, 0.717) is 12.6 Å². The molecule has 1 fully saturated rings. The number of rotatable bonds is 10. The maximum absolute atomic E-state index is 5.16. The number of ether oxygens (including phenoxy) is 1. The van der Waals surface area contributed by atoms with Gasteiger partial charge in [0.2, 0.25) is 0 Å². The van der Waals surface area contributed by atoms with Crippen molar-refractivity contribution in [3.63, 3.8) is 0 Å². The Balaban J connectivity index is 0.00000320. The van der Waals surface area contributed by atoms with Gasteiger partial charge in [0.1, 0.15) is 12.4 Å². The van der Waals surface area contributed by atoms with E-state index in [9.17, 15) is 0 Å². The van der Waals surface area contributed by atoms with E-state index in [0.717, 1.165) is 56.8 Å². The van der Waals surface area contributed by atoms with Gasteiger partial charge in [0.25, 0.3) is 0 Å². The van der Waals surface area contributed by atoms with Crippen molar-refractivity contribution in [1.29, 1.82) is 0 Å². The summed E-state index contributed by atoms with van der Waals surface area (Å²) in [5.41, 5.74) is 0. The summed E-state index contributed by atoms with van der Waals surface area (Å²) >= 11 is 1.83. The van der Waals surface area contributed by atoms with Gasteiger partial charge in [-0.3, -0.25) is 4.90 Å². The third kappa shape index (κ3) is 7.17. The Bertz CT molecular complexity index is 759. The van der Waals surface area contributed by atoms with Crippen molar-refractivity contribution in [2.75, 3.05) is 39.9 Å². The van der Waals surface area contributed by atoms with E-state index in [2.05, 4.69) is 43.2 Å². The first-order valence-electron chi connectivity index (χ1n) is 10.3. The molecular weight excluding hydrogens is 513 g/mol. The van der Waals surface area contributed by atoms with Crippen molar-refractivity contribution < 1.29 is 4.74 Å². The minimum atomic E-state index is 0. The lowest BCUT2D eigenvalue weighted by Gasteiger charge is -2.27. The molecule has 0 amide bonds. The standard InChI is InChI=1S/C20H33N7OS.HI/c1-16-24-25-19(26(16)2)15-23-20(21-9-7-12-28-3)22-14-17(18-8-6-13-29-18)27-10-4-5-11-27;/h6,8,13,17H,4-5,7,9-12,14-15H2,1-3H3,(H2,21,22,23);1H. The highest BCUT2D eigenvalue weighted by molar-refractivity contribution is 14.0. The number of nitrogens with zero attached hydrogens (tertiary/aromatic N) is 5. The van der Waals surface area contributed by atoms with E-state index in [1.54, 1.807) is 7.11 Å². The SMILES string of the molecule is COCCCNC(=NCc1nnc(C)n1C)NCC(c1cccs1)N1CCCC1.I. The minimum absolute atomic E-state index is 0. The molecule has 1 aliphatic heterocycles. The number of aromatic nitrogens is 3. The molecule has 2 aromatic rings. The molecule has 30 heavy (non-hydrogen) atoms. The number of thiophene rings is 1. The second kappa shape index (κ2) is 13.2. The van der Waals surface area contributed by atoms with Crippen molar-refractivity contribution in [1.82, 2.24) is 30.3 Å². The van der Waals surface area contributed by atoms with Crippen LogP contribution in [-0.2, 0) is 18.3 Å². The van der Waals surface area contributed by atoms with Crippen molar-refractivity contribution >= 4 is 41.3 Å². The van der Waals surface area contributed by atoms with Crippen LogP contribution < -0.4 is 10.6 Å². The van der Waals surface area contributed by atoms with Crippen LogP contribution in [0.4, 0.5) is 0 Å². The molecule has 0 saturated carbocycles. The Morgan fingerprint density at radius 2 is 2.10 bits per heavy atom. The Hall–Kier alpha value is -1.24. The van der Waals surface area contributed by atoms with E-state index in [1.165, 1.54) is 17.7 Å². The average Bonchev–Trinajstić information content (AvgIpc) is 3.49. The molecule has 2 N–H and O–H groups in total. The number of hydrogen-bond acceptors (Lipinski definition) is 6. The summed E-state index contributed by atoms with van der Waals surface area (Å²) in [6.45, 7) is 7.13. The van der Waals surface area contributed by atoms with Crippen LogP contribution in [0.25, 0.3) is 0 Å². The molecule has 168 valence electrons. The maximum atomic E-state index is 5.16. The van der Waals surface area contributed by atoms with Crippen molar-refractivity contribution in [2.24, 2.45) is 12.0 Å². The van der Waals surface area contributed by atoms with Crippen LogP contribution in [0.5, 0.6) is 0 Å². The monoisotopic (exact) mass is 547 g/mol. The second-order valence-electron chi connectivity index (χ2n) is 7.32. The molecule has 0 spiro atoms. The van der Waals surface area contributed by atoms with Gasteiger partial charge in [0.05, 0.1) is 6.04 Å². The smallest absolute Gasteiger partial charge is 0.191 e. The number of likely N-dealkylation sites (tertiary alicyclic amines) is 1. The Kier molecular flexibility index (Phi) is 11.0. The molecule has 8 nitrogen and oxygen atoms in total. The van der Waals surface area contributed by atoms with Gasteiger partial charge >= 0.3 is 0 Å². The fourth-order valence-electron chi connectivity index (χ4n) is 3.47. The number of methoxy groups -OCH3 is 1. The molecule has 1 saturated heterocycles. The summed E-state index contributed by atoms with van der Waals surface area (Å²) in [5.74, 6) is 2.56. The molecule has 1 atom stereocenters. The normalized spacial score (nSPS) is 15.8. The zero-order chi connectivity index (χ0) is 20.5. The number of aliphatic imine (C=N–C) groups is 1. The zero-order valence-electron chi connectivity index (χ0n) is 18.1. The van der Waals surface area contributed by atoms with E-state index in [-0.39, 0.29) is 24.0 Å². The first-order valence-corrected chi connectivity index (χ1v) is 11.2. The summed E-state index contributed by atoms with van der Waals surface area (Å²) < 4.78 is 7.14. The Morgan fingerprint density at radius 3 is 2.73 bits per heavy atom. The highest BCUT2D eigenvalue weighted by Gasteiger charge is 2.24.